The second-order valence-corrected chi connectivity index (χ2v) is 4.02. The van der Waals surface area contributed by atoms with Crippen LogP contribution in [0.25, 0.3) is 11.3 Å². The van der Waals surface area contributed by atoms with Crippen LogP contribution in [0.1, 0.15) is 10.4 Å². The molecule has 1 aromatic heterocycles. The number of ether oxygens (including phenoxy) is 1. The summed E-state index contributed by atoms with van der Waals surface area (Å²) >= 11 is 3.39. The molecule has 0 aliphatic heterocycles. The summed E-state index contributed by atoms with van der Waals surface area (Å²) in [5, 5.41) is 6.63. The van der Waals surface area contributed by atoms with Crippen LogP contribution < -0.4 is 4.74 Å². The third kappa shape index (κ3) is 1.86. The van der Waals surface area contributed by atoms with Crippen LogP contribution in [0.4, 0.5) is 0 Å². The highest BCUT2D eigenvalue weighted by Crippen LogP contribution is 2.30. The first kappa shape index (κ1) is 10.9. The summed E-state index contributed by atoms with van der Waals surface area (Å²) in [6, 6.07) is 5.57. The number of benzene rings is 1. The number of rotatable bonds is 3. The molecular formula is C11H9BrN2O2. The molecule has 2 aromatic rings. The number of hydrogen-bond donors (Lipinski definition) is 1. The van der Waals surface area contributed by atoms with Crippen molar-refractivity contribution >= 4 is 22.2 Å². The minimum absolute atomic E-state index is 0.539. The van der Waals surface area contributed by atoms with Gasteiger partial charge in [0.1, 0.15) is 5.75 Å². The highest BCUT2D eigenvalue weighted by atomic mass is 79.9. The van der Waals surface area contributed by atoms with Crippen molar-refractivity contribution in [2.24, 2.45) is 0 Å². The van der Waals surface area contributed by atoms with E-state index in [0.29, 0.717) is 11.3 Å². The Kier molecular flexibility index (Phi) is 3.05. The maximum atomic E-state index is 10.8. The monoisotopic (exact) mass is 280 g/mol. The van der Waals surface area contributed by atoms with E-state index in [0.717, 1.165) is 22.1 Å². The first-order chi connectivity index (χ1) is 7.76. The lowest BCUT2D eigenvalue weighted by molar-refractivity contribution is 0.112. The minimum atomic E-state index is 0.539. The van der Waals surface area contributed by atoms with Crippen molar-refractivity contribution in [3.05, 3.63) is 34.4 Å². The molecule has 0 fully saturated rings. The van der Waals surface area contributed by atoms with Crippen molar-refractivity contribution in [1.82, 2.24) is 10.2 Å². The van der Waals surface area contributed by atoms with Gasteiger partial charge in [0.2, 0.25) is 0 Å². The molecule has 16 heavy (non-hydrogen) atoms. The van der Waals surface area contributed by atoms with E-state index in [1.807, 2.05) is 18.2 Å². The van der Waals surface area contributed by atoms with Crippen LogP contribution in [0.5, 0.6) is 5.75 Å². The summed E-state index contributed by atoms with van der Waals surface area (Å²) in [7, 11) is 1.60. The quantitative estimate of drug-likeness (QED) is 0.880. The second-order valence-electron chi connectivity index (χ2n) is 3.17. The van der Waals surface area contributed by atoms with Crippen LogP contribution in [0.3, 0.4) is 0 Å². The summed E-state index contributed by atoms with van der Waals surface area (Å²) < 4.78 is 5.96. The van der Waals surface area contributed by atoms with Gasteiger partial charge in [0, 0.05) is 5.56 Å². The van der Waals surface area contributed by atoms with Gasteiger partial charge in [-0.15, -0.1) is 0 Å². The van der Waals surface area contributed by atoms with Crippen molar-refractivity contribution in [3.63, 3.8) is 0 Å². The SMILES string of the molecule is COc1ccc(-c2[nH]ncc2C=O)cc1Br. The molecule has 0 bridgehead atoms. The van der Waals surface area contributed by atoms with E-state index in [9.17, 15) is 4.79 Å². The number of aldehydes is 1. The molecule has 0 amide bonds. The molecule has 0 aliphatic rings. The third-order valence-corrected chi connectivity index (χ3v) is 2.86. The number of H-pyrrole nitrogens is 1. The minimum Gasteiger partial charge on any atom is -0.496 e. The molecule has 5 heteroatoms. The van der Waals surface area contributed by atoms with Gasteiger partial charge in [-0.3, -0.25) is 9.89 Å². The van der Waals surface area contributed by atoms with Crippen molar-refractivity contribution in [1.29, 1.82) is 0 Å². The molecule has 0 unspecified atom stereocenters. The normalized spacial score (nSPS) is 10.1. The Morgan fingerprint density at radius 1 is 1.50 bits per heavy atom. The van der Waals surface area contributed by atoms with Gasteiger partial charge in [-0.1, -0.05) is 0 Å². The van der Waals surface area contributed by atoms with Crippen LogP contribution in [-0.4, -0.2) is 23.6 Å². The van der Waals surface area contributed by atoms with Crippen LogP contribution in [0.15, 0.2) is 28.9 Å². The number of nitrogens with one attached hydrogen (secondary N) is 1. The molecule has 0 atom stereocenters. The average Bonchev–Trinajstić information content (AvgIpc) is 2.77. The lowest BCUT2D eigenvalue weighted by Gasteiger charge is -2.05. The number of hydrogen-bond acceptors (Lipinski definition) is 3. The fourth-order valence-electron chi connectivity index (χ4n) is 1.44. The van der Waals surface area contributed by atoms with Gasteiger partial charge in [-0.05, 0) is 34.1 Å². The molecule has 1 aromatic carbocycles. The standard InChI is InChI=1S/C11H9BrN2O2/c1-16-10-3-2-7(4-9(10)12)11-8(6-15)5-13-14-11/h2-6H,1H3,(H,13,14). The second kappa shape index (κ2) is 4.49. The molecular weight excluding hydrogens is 272 g/mol. The number of aromatic nitrogens is 2. The van der Waals surface area contributed by atoms with Crippen molar-refractivity contribution in [2.45, 2.75) is 0 Å². The van der Waals surface area contributed by atoms with Crippen molar-refractivity contribution in [2.75, 3.05) is 7.11 Å². The zero-order valence-electron chi connectivity index (χ0n) is 8.53. The van der Waals surface area contributed by atoms with Gasteiger partial charge in [-0.2, -0.15) is 5.10 Å². The molecule has 4 nitrogen and oxygen atoms in total. The molecule has 0 spiro atoms. The summed E-state index contributed by atoms with van der Waals surface area (Å²) in [4.78, 5) is 10.8. The fourth-order valence-corrected chi connectivity index (χ4v) is 1.98. The Bertz CT molecular complexity index is 522. The topological polar surface area (TPSA) is 55.0 Å². The fraction of sp³-hybridized carbons (Fsp3) is 0.0909. The maximum Gasteiger partial charge on any atom is 0.153 e. The Hall–Kier alpha value is -1.62. The molecule has 2 rings (SSSR count). The number of halogens is 1. The molecule has 1 N–H and O–H groups in total. The highest BCUT2D eigenvalue weighted by Gasteiger charge is 2.09. The van der Waals surface area contributed by atoms with Gasteiger partial charge in [0.15, 0.2) is 6.29 Å². The summed E-state index contributed by atoms with van der Waals surface area (Å²) in [6.45, 7) is 0. The lowest BCUT2D eigenvalue weighted by atomic mass is 10.1. The molecule has 0 radical (unpaired) electrons. The maximum absolute atomic E-state index is 10.8. The molecule has 82 valence electrons. The van der Waals surface area contributed by atoms with Gasteiger partial charge in [0.25, 0.3) is 0 Å². The zero-order valence-corrected chi connectivity index (χ0v) is 10.1. The van der Waals surface area contributed by atoms with Crippen LogP contribution in [0.2, 0.25) is 0 Å². The average molecular weight is 281 g/mol. The predicted octanol–water partition coefficient (Wildman–Crippen LogP) is 2.66. The molecule has 1 heterocycles. The van der Waals surface area contributed by atoms with E-state index in [2.05, 4.69) is 26.1 Å². The van der Waals surface area contributed by atoms with Crippen LogP contribution in [-0.2, 0) is 0 Å². The van der Waals surface area contributed by atoms with E-state index in [4.69, 9.17) is 4.74 Å². The number of carbonyl (C=O) groups excluding carboxylic acids is 1. The van der Waals surface area contributed by atoms with E-state index in [1.54, 1.807) is 7.11 Å². The van der Waals surface area contributed by atoms with Crippen LogP contribution >= 0.6 is 15.9 Å². The highest BCUT2D eigenvalue weighted by molar-refractivity contribution is 9.10. The summed E-state index contributed by atoms with van der Waals surface area (Å²) in [5.41, 5.74) is 2.13. The Morgan fingerprint density at radius 3 is 2.94 bits per heavy atom. The first-order valence-corrected chi connectivity index (χ1v) is 5.38. The summed E-state index contributed by atoms with van der Waals surface area (Å²) in [5.74, 6) is 0.746. The van der Waals surface area contributed by atoms with Gasteiger partial charge in [-0.25, -0.2) is 0 Å². The Morgan fingerprint density at radius 2 is 2.31 bits per heavy atom. The van der Waals surface area contributed by atoms with Crippen molar-refractivity contribution in [3.8, 4) is 17.0 Å². The van der Waals surface area contributed by atoms with E-state index < -0.39 is 0 Å². The first-order valence-electron chi connectivity index (χ1n) is 4.58. The van der Waals surface area contributed by atoms with E-state index in [-0.39, 0.29) is 0 Å². The molecule has 0 aliphatic carbocycles. The smallest absolute Gasteiger partial charge is 0.153 e. The Balaban J connectivity index is 2.49. The Labute approximate surface area is 101 Å². The van der Waals surface area contributed by atoms with Crippen LogP contribution in [0, 0.1) is 0 Å². The molecule has 0 saturated carbocycles. The summed E-state index contributed by atoms with van der Waals surface area (Å²) in [6.07, 6.45) is 2.28. The number of methoxy groups -OCH3 is 1. The van der Waals surface area contributed by atoms with Gasteiger partial charge < -0.3 is 4.74 Å². The largest absolute Gasteiger partial charge is 0.496 e. The van der Waals surface area contributed by atoms with Gasteiger partial charge in [0.05, 0.1) is 29.0 Å². The van der Waals surface area contributed by atoms with Crippen molar-refractivity contribution < 1.29 is 9.53 Å². The van der Waals surface area contributed by atoms with E-state index >= 15 is 0 Å². The third-order valence-electron chi connectivity index (χ3n) is 2.24. The van der Waals surface area contributed by atoms with Gasteiger partial charge >= 0.3 is 0 Å². The van der Waals surface area contributed by atoms with E-state index in [1.165, 1.54) is 6.20 Å². The number of nitrogens with zero attached hydrogens (tertiary/aromatic N) is 1. The molecule has 0 saturated heterocycles. The predicted molar refractivity (Wildman–Crippen MR) is 63.7 cm³/mol. The lowest BCUT2D eigenvalue weighted by Crippen LogP contribution is -1.87. The number of aromatic amines is 1. The number of carbonyl (C=O) groups is 1. The zero-order chi connectivity index (χ0) is 11.5.